The predicted octanol–water partition coefficient (Wildman–Crippen LogP) is 4.86. The molecule has 4 heteroatoms. The summed E-state index contributed by atoms with van der Waals surface area (Å²) < 4.78 is 5.33. The van der Waals surface area contributed by atoms with Gasteiger partial charge in [0.05, 0.1) is 6.04 Å². The third kappa shape index (κ3) is 8.97. The molecule has 1 aliphatic carbocycles. The number of carbonyl (C=O) groups excluding carboxylic acids is 2. The maximum absolute atomic E-state index is 12.6. The van der Waals surface area contributed by atoms with Crippen molar-refractivity contribution in [1.82, 2.24) is 5.32 Å². The molecule has 134 valence electrons. The van der Waals surface area contributed by atoms with Gasteiger partial charge in [0.15, 0.2) is 5.78 Å². The SMILES string of the molecule is CC(C)CCC(=O)C(CC1CCCCC1)NC(=O)OC(C)(C)C. The van der Waals surface area contributed by atoms with E-state index in [4.69, 9.17) is 4.74 Å². The molecule has 0 aromatic rings. The Morgan fingerprint density at radius 2 is 1.74 bits per heavy atom. The Hall–Kier alpha value is -1.06. The number of alkyl carbamates (subject to hydrolysis) is 1. The first-order chi connectivity index (χ1) is 10.7. The lowest BCUT2D eigenvalue weighted by atomic mass is 9.83. The summed E-state index contributed by atoms with van der Waals surface area (Å²) in [6, 6.07) is -0.397. The van der Waals surface area contributed by atoms with E-state index in [2.05, 4.69) is 19.2 Å². The molecule has 0 aromatic carbocycles. The number of ether oxygens (including phenoxy) is 1. The van der Waals surface area contributed by atoms with Gasteiger partial charge in [0.1, 0.15) is 5.60 Å². The van der Waals surface area contributed by atoms with E-state index in [0.717, 1.165) is 12.8 Å². The van der Waals surface area contributed by atoms with Gasteiger partial charge < -0.3 is 10.1 Å². The Morgan fingerprint density at radius 3 is 2.26 bits per heavy atom. The van der Waals surface area contributed by atoms with Crippen LogP contribution in [0.15, 0.2) is 0 Å². The predicted molar refractivity (Wildman–Crippen MR) is 93.4 cm³/mol. The zero-order valence-corrected chi connectivity index (χ0v) is 15.6. The third-order valence-corrected chi connectivity index (χ3v) is 4.34. The summed E-state index contributed by atoms with van der Waals surface area (Å²) in [5.41, 5.74) is -0.541. The number of ketones is 1. The molecule has 1 unspecified atom stereocenters. The molecule has 0 heterocycles. The van der Waals surface area contributed by atoms with Gasteiger partial charge in [-0.05, 0) is 45.4 Å². The van der Waals surface area contributed by atoms with Crippen LogP contribution in [-0.4, -0.2) is 23.5 Å². The summed E-state index contributed by atoms with van der Waals surface area (Å²) in [6.45, 7) is 9.74. The summed E-state index contributed by atoms with van der Waals surface area (Å²) in [5, 5.41) is 2.83. The molecule has 0 aromatic heterocycles. The fourth-order valence-corrected chi connectivity index (χ4v) is 3.08. The number of hydrogen-bond acceptors (Lipinski definition) is 3. The summed E-state index contributed by atoms with van der Waals surface area (Å²) in [4.78, 5) is 24.6. The molecule has 1 atom stereocenters. The second kappa shape index (κ2) is 9.29. The highest BCUT2D eigenvalue weighted by Crippen LogP contribution is 2.28. The van der Waals surface area contributed by atoms with Gasteiger partial charge >= 0.3 is 6.09 Å². The van der Waals surface area contributed by atoms with E-state index in [9.17, 15) is 9.59 Å². The lowest BCUT2D eigenvalue weighted by Crippen LogP contribution is -2.44. The van der Waals surface area contributed by atoms with Crippen molar-refractivity contribution in [3.63, 3.8) is 0 Å². The summed E-state index contributed by atoms with van der Waals surface area (Å²) in [6.07, 6.45) is 7.80. The summed E-state index contributed by atoms with van der Waals surface area (Å²) in [5.74, 6) is 1.19. The molecule has 0 aliphatic heterocycles. The minimum atomic E-state index is -0.541. The molecule has 1 amide bonds. The number of nitrogens with one attached hydrogen (secondary N) is 1. The number of hydrogen-bond donors (Lipinski definition) is 1. The van der Waals surface area contributed by atoms with Gasteiger partial charge in [-0.15, -0.1) is 0 Å². The smallest absolute Gasteiger partial charge is 0.408 e. The van der Waals surface area contributed by atoms with Crippen LogP contribution in [-0.2, 0) is 9.53 Å². The van der Waals surface area contributed by atoms with Crippen LogP contribution in [0.5, 0.6) is 0 Å². The van der Waals surface area contributed by atoms with Crippen molar-refractivity contribution in [2.75, 3.05) is 0 Å². The van der Waals surface area contributed by atoms with Crippen LogP contribution >= 0.6 is 0 Å². The highest BCUT2D eigenvalue weighted by atomic mass is 16.6. The quantitative estimate of drug-likeness (QED) is 0.727. The number of Topliss-reactive ketones (excluding diaryl/α,β-unsaturated/α-hetero) is 1. The van der Waals surface area contributed by atoms with Crippen molar-refractivity contribution < 1.29 is 14.3 Å². The Balaban J connectivity index is 2.62. The Morgan fingerprint density at radius 1 is 1.13 bits per heavy atom. The largest absolute Gasteiger partial charge is 0.444 e. The van der Waals surface area contributed by atoms with Crippen LogP contribution in [0.4, 0.5) is 4.79 Å². The molecule has 4 nitrogen and oxygen atoms in total. The maximum atomic E-state index is 12.6. The van der Waals surface area contributed by atoms with Gasteiger partial charge in [-0.3, -0.25) is 4.79 Å². The second-order valence-electron chi connectivity index (χ2n) is 8.34. The van der Waals surface area contributed by atoms with Crippen molar-refractivity contribution in [1.29, 1.82) is 0 Å². The van der Waals surface area contributed by atoms with E-state index in [1.807, 2.05) is 20.8 Å². The first-order valence-electron chi connectivity index (χ1n) is 9.19. The molecule has 0 saturated heterocycles. The Labute approximate surface area is 141 Å². The zero-order valence-electron chi connectivity index (χ0n) is 15.6. The van der Waals surface area contributed by atoms with Crippen LogP contribution < -0.4 is 5.32 Å². The molecule has 1 fully saturated rings. The van der Waals surface area contributed by atoms with E-state index in [1.54, 1.807) is 0 Å². The van der Waals surface area contributed by atoms with E-state index < -0.39 is 17.7 Å². The standard InChI is InChI=1S/C19H35NO3/c1-14(2)11-12-17(21)16(13-15-9-7-6-8-10-15)20-18(22)23-19(3,4)5/h14-16H,6-13H2,1-5H3,(H,20,22). The van der Waals surface area contributed by atoms with Crippen molar-refractivity contribution in [2.24, 2.45) is 11.8 Å². The molecule has 1 aliphatic rings. The van der Waals surface area contributed by atoms with Gasteiger partial charge in [-0.1, -0.05) is 46.0 Å². The average Bonchev–Trinajstić information content (AvgIpc) is 2.43. The minimum absolute atomic E-state index is 0.148. The molecule has 0 radical (unpaired) electrons. The van der Waals surface area contributed by atoms with E-state index in [-0.39, 0.29) is 5.78 Å². The molecule has 1 rings (SSSR count). The van der Waals surface area contributed by atoms with Crippen molar-refractivity contribution >= 4 is 11.9 Å². The topological polar surface area (TPSA) is 55.4 Å². The summed E-state index contributed by atoms with van der Waals surface area (Å²) >= 11 is 0. The fourth-order valence-electron chi connectivity index (χ4n) is 3.08. The molecule has 0 bridgehead atoms. The van der Waals surface area contributed by atoms with Crippen molar-refractivity contribution in [3.8, 4) is 0 Å². The minimum Gasteiger partial charge on any atom is -0.444 e. The van der Waals surface area contributed by atoms with E-state index >= 15 is 0 Å². The molecular weight excluding hydrogens is 290 g/mol. The number of rotatable bonds is 7. The molecule has 0 spiro atoms. The van der Waals surface area contributed by atoms with E-state index in [0.29, 0.717) is 18.3 Å². The summed E-state index contributed by atoms with van der Waals surface area (Å²) in [7, 11) is 0. The lowest BCUT2D eigenvalue weighted by molar-refractivity contribution is -0.121. The fraction of sp³-hybridized carbons (Fsp3) is 0.895. The van der Waals surface area contributed by atoms with Gasteiger partial charge in [-0.25, -0.2) is 4.79 Å². The molecule has 1 N–H and O–H groups in total. The van der Waals surface area contributed by atoms with Crippen LogP contribution in [0.1, 0.15) is 86.0 Å². The molecular formula is C19H35NO3. The van der Waals surface area contributed by atoms with Crippen LogP contribution in [0.25, 0.3) is 0 Å². The van der Waals surface area contributed by atoms with Crippen molar-refractivity contribution in [3.05, 3.63) is 0 Å². The third-order valence-electron chi connectivity index (χ3n) is 4.34. The molecule has 23 heavy (non-hydrogen) atoms. The normalized spacial score (nSPS) is 17.8. The zero-order chi connectivity index (χ0) is 17.5. The highest BCUT2D eigenvalue weighted by molar-refractivity contribution is 5.87. The first-order valence-corrected chi connectivity index (χ1v) is 9.19. The van der Waals surface area contributed by atoms with Gasteiger partial charge in [0, 0.05) is 6.42 Å². The Bertz CT molecular complexity index is 379. The van der Waals surface area contributed by atoms with Gasteiger partial charge in [0.25, 0.3) is 0 Å². The number of carbonyl (C=O) groups is 2. The molecule has 1 saturated carbocycles. The Kier molecular flexibility index (Phi) is 8.07. The highest BCUT2D eigenvalue weighted by Gasteiger charge is 2.27. The van der Waals surface area contributed by atoms with Crippen LogP contribution in [0.3, 0.4) is 0 Å². The monoisotopic (exact) mass is 325 g/mol. The number of amides is 1. The lowest BCUT2D eigenvalue weighted by Gasteiger charge is -2.28. The van der Waals surface area contributed by atoms with Crippen LogP contribution in [0, 0.1) is 11.8 Å². The second-order valence-corrected chi connectivity index (χ2v) is 8.34. The van der Waals surface area contributed by atoms with Gasteiger partial charge in [-0.2, -0.15) is 0 Å². The average molecular weight is 325 g/mol. The van der Waals surface area contributed by atoms with Crippen molar-refractivity contribution in [2.45, 2.75) is 97.6 Å². The van der Waals surface area contributed by atoms with Crippen LogP contribution in [0.2, 0.25) is 0 Å². The van der Waals surface area contributed by atoms with Gasteiger partial charge in [0.2, 0.25) is 0 Å². The first kappa shape index (κ1) is 20.0. The van der Waals surface area contributed by atoms with E-state index in [1.165, 1.54) is 32.1 Å². The maximum Gasteiger partial charge on any atom is 0.408 e.